The lowest BCUT2D eigenvalue weighted by Gasteiger charge is -2.18. The van der Waals surface area contributed by atoms with Gasteiger partial charge in [-0.05, 0) is 41.3 Å². The lowest BCUT2D eigenvalue weighted by molar-refractivity contribution is 0.0982. The molecule has 0 bridgehead atoms. The van der Waals surface area contributed by atoms with E-state index in [0.29, 0.717) is 12.4 Å². The molecule has 0 saturated carbocycles. The van der Waals surface area contributed by atoms with Crippen LogP contribution in [0.1, 0.15) is 15.9 Å². The van der Waals surface area contributed by atoms with Gasteiger partial charge in [0.15, 0.2) is 0 Å². The highest BCUT2D eigenvalue weighted by Gasteiger charge is 2.19. The fourth-order valence-corrected chi connectivity index (χ4v) is 3.89. The van der Waals surface area contributed by atoms with Crippen molar-refractivity contribution in [2.24, 2.45) is 0 Å². The van der Waals surface area contributed by atoms with Crippen molar-refractivity contribution in [1.82, 2.24) is 9.71 Å². The number of amides is 1. The molecule has 0 aliphatic carbocycles. The molecule has 0 saturated heterocycles. The zero-order valence-electron chi connectivity index (χ0n) is 14.3. The Kier molecular flexibility index (Phi) is 5.52. The van der Waals surface area contributed by atoms with Gasteiger partial charge in [0.25, 0.3) is 15.9 Å². The summed E-state index contributed by atoms with van der Waals surface area (Å²) in [6.45, 7) is 0.480. The van der Waals surface area contributed by atoms with Crippen molar-refractivity contribution in [2.45, 2.75) is 11.4 Å². The first-order valence-electron chi connectivity index (χ1n) is 7.86. The highest BCUT2D eigenvalue weighted by Crippen LogP contribution is 2.16. The molecule has 2 heterocycles. The third-order valence-corrected chi connectivity index (χ3v) is 5.77. The van der Waals surface area contributed by atoms with Crippen LogP contribution in [0.25, 0.3) is 0 Å². The predicted molar refractivity (Wildman–Crippen MR) is 102 cm³/mol. The van der Waals surface area contributed by atoms with Crippen LogP contribution in [-0.2, 0) is 16.6 Å². The Balaban J connectivity index is 1.70. The number of carbonyl (C=O) groups excluding carboxylic acids is 1. The van der Waals surface area contributed by atoms with Crippen LogP contribution in [0.15, 0.2) is 64.3 Å². The van der Waals surface area contributed by atoms with Gasteiger partial charge >= 0.3 is 0 Å². The number of nitrogens with zero attached hydrogens (tertiary/aromatic N) is 2. The van der Waals surface area contributed by atoms with Gasteiger partial charge in [-0.2, -0.15) is 11.3 Å². The number of carbonyl (C=O) groups is 1. The molecule has 1 amide bonds. The third kappa shape index (κ3) is 4.69. The average molecular weight is 405 g/mol. The number of anilines is 1. The Hall–Kier alpha value is -2.78. The minimum Gasteiger partial charge on any atom is -0.355 e. The van der Waals surface area contributed by atoms with Crippen molar-refractivity contribution in [1.29, 1.82) is 0 Å². The minimum absolute atomic E-state index is 0.106. The highest BCUT2D eigenvalue weighted by molar-refractivity contribution is 7.90. The molecule has 3 aromatic rings. The largest absolute Gasteiger partial charge is 0.355 e. The van der Waals surface area contributed by atoms with Crippen molar-refractivity contribution in [2.75, 3.05) is 11.9 Å². The maximum atomic E-state index is 13.0. The second-order valence-corrected chi connectivity index (χ2v) is 8.24. The molecule has 27 heavy (non-hydrogen) atoms. The molecule has 6 nitrogen and oxygen atoms in total. The Labute approximate surface area is 160 Å². The summed E-state index contributed by atoms with van der Waals surface area (Å²) in [5.41, 5.74) is 1.17. The van der Waals surface area contributed by atoms with Gasteiger partial charge in [0.05, 0.1) is 5.56 Å². The number of hydrogen-bond donors (Lipinski definition) is 1. The van der Waals surface area contributed by atoms with Crippen LogP contribution in [0.2, 0.25) is 0 Å². The Bertz CT molecular complexity index is 1020. The number of thiophene rings is 1. The van der Waals surface area contributed by atoms with E-state index < -0.39 is 15.9 Å². The summed E-state index contributed by atoms with van der Waals surface area (Å²) in [5.74, 6) is -0.449. The molecule has 0 aliphatic rings. The van der Waals surface area contributed by atoms with Crippen LogP contribution in [0.3, 0.4) is 0 Å². The van der Waals surface area contributed by atoms with Gasteiger partial charge in [-0.3, -0.25) is 4.79 Å². The molecule has 1 aromatic carbocycles. The van der Waals surface area contributed by atoms with Gasteiger partial charge in [-0.25, -0.2) is 22.5 Å². The molecule has 9 heteroatoms. The number of hydrogen-bond acceptors (Lipinski definition) is 6. The van der Waals surface area contributed by atoms with E-state index in [9.17, 15) is 17.6 Å². The van der Waals surface area contributed by atoms with Crippen molar-refractivity contribution in [3.8, 4) is 0 Å². The lowest BCUT2D eigenvalue weighted by Crippen LogP contribution is -2.30. The third-order valence-electron chi connectivity index (χ3n) is 3.77. The molecule has 0 aliphatic heterocycles. The van der Waals surface area contributed by atoms with Gasteiger partial charge in [-0.15, -0.1) is 0 Å². The Morgan fingerprint density at radius 1 is 1.19 bits per heavy atom. The zero-order chi connectivity index (χ0) is 19.4. The monoisotopic (exact) mass is 405 g/mol. The maximum absolute atomic E-state index is 13.0. The number of sulfonamides is 1. The Morgan fingerprint density at radius 2 is 1.93 bits per heavy atom. The summed E-state index contributed by atoms with van der Waals surface area (Å²) in [4.78, 5) is 17.8. The molecule has 0 fully saturated rings. The second-order valence-electron chi connectivity index (χ2n) is 5.78. The van der Waals surface area contributed by atoms with E-state index in [0.717, 1.165) is 5.56 Å². The van der Waals surface area contributed by atoms with Crippen molar-refractivity contribution in [3.63, 3.8) is 0 Å². The van der Waals surface area contributed by atoms with Gasteiger partial charge in [-0.1, -0.05) is 12.1 Å². The first kappa shape index (κ1) is 19.0. The number of benzene rings is 1. The van der Waals surface area contributed by atoms with Crippen molar-refractivity contribution in [3.05, 3.63) is 76.4 Å². The minimum atomic E-state index is -4.01. The quantitative estimate of drug-likeness (QED) is 0.682. The molecule has 0 radical (unpaired) electrons. The average Bonchev–Trinajstić information content (AvgIpc) is 3.18. The SMILES string of the molecule is CN(Cc1ccc(F)cc1)c1ccc(S(=O)(=O)NC(=O)c2ccsc2)cn1. The molecule has 140 valence electrons. The van der Waals surface area contributed by atoms with Crippen LogP contribution < -0.4 is 9.62 Å². The van der Waals surface area contributed by atoms with Crippen LogP contribution >= 0.6 is 11.3 Å². The lowest BCUT2D eigenvalue weighted by atomic mass is 10.2. The van der Waals surface area contributed by atoms with Gasteiger partial charge < -0.3 is 4.90 Å². The number of halogens is 1. The zero-order valence-corrected chi connectivity index (χ0v) is 15.9. The molecule has 3 rings (SSSR count). The molecule has 2 aromatic heterocycles. The van der Waals surface area contributed by atoms with Crippen LogP contribution in [-0.4, -0.2) is 26.4 Å². The summed E-state index contributed by atoms with van der Waals surface area (Å²) in [7, 11) is -2.22. The summed E-state index contributed by atoms with van der Waals surface area (Å²) in [6, 6.07) is 10.6. The summed E-state index contributed by atoms with van der Waals surface area (Å²) in [5, 5.41) is 3.26. The van der Waals surface area contributed by atoms with Gasteiger partial charge in [0.1, 0.15) is 16.5 Å². The fourth-order valence-electron chi connectivity index (χ4n) is 2.34. The van der Waals surface area contributed by atoms with Gasteiger partial charge in [0, 0.05) is 25.2 Å². The van der Waals surface area contributed by atoms with E-state index in [2.05, 4.69) is 4.98 Å². The van der Waals surface area contributed by atoms with Crippen LogP contribution in [0.5, 0.6) is 0 Å². The molecule has 1 N–H and O–H groups in total. The highest BCUT2D eigenvalue weighted by atomic mass is 32.2. The molecular weight excluding hydrogens is 389 g/mol. The standard InChI is InChI=1S/C18H16FN3O3S2/c1-22(11-13-2-4-15(19)5-3-13)17-7-6-16(10-20-17)27(24,25)21-18(23)14-8-9-26-12-14/h2-10,12H,11H2,1H3,(H,21,23). The van der Waals surface area contributed by atoms with E-state index >= 15 is 0 Å². The van der Waals surface area contributed by atoms with E-state index in [1.54, 1.807) is 47.0 Å². The normalized spacial score (nSPS) is 11.2. The first-order chi connectivity index (χ1) is 12.8. The summed E-state index contributed by atoms with van der Waals surface area (Å²) in [6.07, 6.45) is 1.19. The summed E-state index contributed by atoms with van der Waals surface area (Å²) < 4.78 is 39.6. The van der Waals surface area contributed by atoms with Crippen molar-refractivity contribution < 1.29 is 17.6 Å². The van der Waals surface area contributed by atoms with Crippen LogP contribution in [0, 0.1) is 5.82 Å². The smallest absolute Gasteiger partial charge is 0.265 e. The van der Waals surface area contributed by atoms with E-state index in [1.807, 2.05) is 4.72 Å². The second kappa shape index (κ2) is 7.85. The predicted octanol–water partition coefficient (Wildman–Crippen LogP) is 3.04. The molecular formula is C18H16FN3O3S2. The molecule has 0 atom stereocenters. The first-order valence-corrected chi connectivity index (χ1v) is 10.3. The van der Waals surface area contributed by atoms with E-state index in [-0.39, 0.29) is 16.3 Å². The van der Waals surface area contributed by atoms with Crippen LogP contribution in [0.4, 0.5) is 10.2 Å². The summed E-state index contributed by atoms with van der Waals surface area (Å²) >= 11 is 1.30. The van der Waals surface area contributed by atoms with Gasteiger partial charge in [0.2, 0.25) is 0 Å². The maximum Gasteiger partial charge on any atom is 0.265 e. The topological polar surface area (TPSA) is 79.4 Å². The van der Waals surface area contributed by atoms with E-state index in [1.165, 1.54) is 35.7 Å². The molecule has 0 unspecified atom stereocenters. The van der Waals surface area contributed by atoms with Crippen molar-refractivity contribution >= 4 is 33.1 Å². The fraction of sp³-hybridized carbons (Fsp3) is 0.111. The number of rotatable bonds is 6. The Morgan fingerprint density at radius 3 is 2.52 bits per heavy atom. The number of nitrogens with one attached hydrogen (secondary N) is 1. The number of pyridine rings is 1. The van der Waals surface area contributed by atoms with E-state index in [4.69, 9.17) is 0 Å². The number of aromatic nitrogens is 1. The molecule has 0 spiro atoms.